The average Bonchev–Trinajstić information content (AvgIpc) is 2.99. The Hall–Kier alpha value is -1.14. The summed E-state index contributed by atoms with van der Waals surface area (Å²) in [6, 6.07) is 0. The summed E-state index contributed by atoms with van der Waals surface area (Å²) < 4.78 is 5.03. The minimum Gasteiger partial charge on any atom is -0.465 e. The lowest BCUT2D eigenvalue weighted by atomic mass is 9.88. The van der Waals surface area contributed by atoms with Crippen molar-refractivity contribution in [2.75, 3.05) is 19.0 Å². The topological polar surface area (TPSA) is 50.4 Å². The number of carbonyl (C=O) groups is 1. The van der Waals surface area contributed by atoms with Crippen LogP contribution in [0.3, 0.4) is 0 Å². The third-order valence-electron chi connectivity index (χ3n) is 5.19. The van der Waals surface area contributed by atoms with E-state index in [4.69, 9.17) is 17.0 Å². The van der Waals surface area contributed by atoms with Crippen LogP contribution in [0.2, 0.25) is 0 Å². The van der Waals surface area contributed by atoms with E-state index in [1.165, 1.54) is 50.5 Å². The van der Waals surface area contributed by atoms with Crippen LogP contribution in [0.5, 0.6) is 0 Å². The predicted octanol–water partition coefficient (Wildman–Crippen LogP) is 5.70. The molecule has 0 aliphatic heterocycles. The van der Waals surface area contributed by atoms with Gasteiger partial charge in [-0.15, -0.1) is 11.3 Å². The highest BCUT2D eigenvalue weighted by Gasteiger charge is 2.28. The van der Waals surface area contributed by atoms with Crippen LogP contribution < -0.4 is 10.6 Å². The molecule has 2 N–H and O–H groups in total. The first kappa shape index (κ1) is 22.2. The van der Waals surface area contributed by atoms with Crippen LogP contribution >= 0.6 is 23.6 Å². The zero-order valence-corrected chi connectivity index (χ0v) is 18.6. The van der Waals surface area contributed by atoms with Crippen LogP contribution in [0.15, 0.2) is 0 Å². The van der Waals surface area contributed by atoms with Crippen LogP contribution in [0, 0.1) is 5.92 Å². The molecule has 0 aromatic carbocycles. The Morgan fingerprint density at radius 1 is 1.22 bits per heavy atom. The van der Waals surface area contributed by atoms with Crippen molar-refractivity contribution in [3.8, 4) is 0 Å². The molecule has 0 saturated heterocycles. The Morgan fingerprint density at radius 3 is 2.63 bits per heavy atom. The summed E-state index contributed by atoms with van der Waals surface area (Å²) in [5, 5.41) is 7.96. The van der Waals surface area contributed by atoms with Gasteiger partial charge in [-0.05, 0) is 49.4 Å². The van der Waals surface area contributed by atoms with Gasteiger partial charge in [-0.1, -0.05) is 52.4 Å². The van der Waals surface area contributed by atoms with Gasteiger partial charge in [-0.3, -0.25) is 0 Å². The number of thiophene rings is 1. The van der Waals surface area contributed by atoms with Crippen molar-refractivity contribution in [1.29, 1.82) is 0 Å². The second-order valence-electron chi connectivity index (χ2n) is 7.55. The van der Waals surface area contributed by atoms with Crippen LogP contribution in [-0.4, -0.2) is 24.7 Å². The number of hydrogen-bond donors (Lipinski definition) is 2. The number of esters is 1. The molecule has 1 aromatic heterocycles. The van der Waals surface area contributed by atoms with Crippen LogP contribution in [0.1, 0.15) is 86.0 Å². The number of ether oxygens (including phenoxy) is 1. The van der Waals surface area contributed by atoms with E-state index in [0.717, 1.165) is 42.8 Å². The first-order valence-electron chi connectivity index (χ1n) is 10.3. The molecule has 6 heteroatoms. The lowest BCUT2D eigenvalue weighted by molar-refractivity contribution is 0.0601. The highest BCUT2D eigenvalue weighted by atomic mass is 32.1. The van der Waals surface area contributed by atoms with Crippen molar-refractivity contribution in [2.24, 2.45) is 5.92 Å². The Morgan fingerprint density at radius 2 is 1.93 bits per heavy atom. The van der Waals surface area contributed by atoms with Crippen LogP contribution in [0.25, 0.3) is 0 Å². The van der Waals surface area contributed by atoms with Gasteiger partial charge in [0.25, 0.3) is 0 Å². The zero-order chi connectivity index (χ0) is 19.6. The van der Waals surface area contributed by atoms with Gasteiger partial charge in [0.05, 0.1) is 12.7 Å². The number of unbranched alkanes of at least 4 members (excludes halogenated alkanes) is 6. The highest BCUT2D eigenvalue weighted by Crippen LogP contribution is 2.39. The fourth-order valence-electron chi connectivity index (χ4n) is 3.59. The number of nitrogens with one attached hydrogen (secondary N) is 2. The van der Waals surface area contributed by atoms with E-state index in [1.807, 2.05) is 0 Å². The zero-order valence-electron chi connectivity index (χ0n) is 17.0. The Bertz CT molecular complexity index is 628. The van der Waals surface area contributed by atoms with E-state index in [-0.39, 0.29) is 5.97 Å². The van der Waals surface area contributed by atoms with Crippen molar-refractivity contribution < 1.29 is 9.53 Å². The maximum atomic E-state index is 12.3. The molecule has 0 amide bonds. The third-order valence-corrected chi connectivity index (χ3v) is 6.61. The van der Waals surface area contributed by atoms with Crippen LogP contribution in [0.4, 0.5) is 5.00 Å². The average molecular weight is 411 g/mol. The highest BCUT2D eigenvalue weighted by molar-refractivity contribution is 7.80. The molecule has 1 heterocycles. The minimum atomic E-state index is -0.264. The lowest BCUT2D eigenvalue weighted by Crippen LogP contribution is -2.29. The van der Waals surface area contributed by atoms with E-state index < -0.39 is 0 Å². The number of fused-ring (bicyclic) bond motifs is 1. The molecule has 0 fully saturated rings. The van der Waals surface area contributed by atoms with Gasteiger partial charge in [0, 0.05) is 11.4 Å². The molecule has 1 aromatic rings. The second-order valence-corrected chi connectivity index (χ2v) is 9.06. The second kappa shape index (κ2) is 11.6. The van der Waals surface area contributed by atoms with E-state index >= 15 is 0 Å². The smallest absolute Gasteiger partial charge is 0.341 e. The normalized spacial score (nSPS) is 15.9. The van der Waals surface area contributed by atoms with Crippen molar-refractivity contribution >= 4 is 39.6 Å². The molecule has 1 aliphatic carbocycles. The molecule has 1 aliphatic rings. The quantitative estimate of drug-likeness (QED) is 0.294. The summed E-state index contributed by atoms with van der Waals surface area (Å²) in [6.45, 7) is 5.38. The van der Waals surface area contributed by atoms with Crippen molar-refractivity contribution in [1.82, 2.24) is 5.32 Å². The molecule has 4 nitrogen and oxygen atoms in total. The van der Waals surface area contributed by atoms with E-state index in [0.29, 0.717) is 16.6 Å². The summed E-state index contributed by atoms with van der Waals surface area (Å²) in [7, 11) is 1.44. The molecule has 1 unspecified atom stereocenters. The van der Waals surface area contributed by atoms with Gasteiger partial charge in [-0.25, -0.2) is 4.79 Å². The summed E-state index contributed by atoms with van der Waals surface area (Å²) in [4.78, 5) is 13.6. The fraction of sp³-hybridized carbons (Fsp3) is 0.714. The predicted molar refractivity (Wildman–Crippen MR) is 119 cm³/mol. The number of rotatable bonds is 10. The van der Waals surface area contributed by atoms with Crippen molar-refractivity contribution in [3.05, 3.63) is 16.0 Å². The number of thiocarbonyl (C=S) groups is 1. The molecule has 0 bridgehead atoms. The standard InChI is InChI=1S/C21H34N2O2S2/c1-4-5-6-7-8-9-10-13-22-21(26)23-19-18(20(24)25-3)16-12-11-15(2)14-17(16)27-19/h15H,4-14H2,1-3H3,(H2,22,23,26). The first-order chi connectivity index (χ1) is 13.1. The summed E-state index contributed by atoms with van der Waals surface area (Å²) in [6.07, 6.45) is 12.1. The lowest BCUT2D eigenvalue weighted by Gasteiger charge is -2.18. The Kier molecular flexibility index (Phi) is 9.56. The van der Waals surface area contributed by atoms with Crippen molar-refractivity contribution in [2.45, 2.75) is 78.1 Å². The molecule has 152 valence electrons. The monoisotopic (exact) mass is 410 g/mol. The molecule has 1 atom stereocenters. The molecule has 2 rings (SSSR count). The molecule has 27 heavy (non-hydrogen) atoms. The summed E-state index contributed by atoms with van der Waals surface area (Å²) in [5.74, 6) is 0.399. The minimum absolute atomic E-state index is 0.264. The van der Waals surface area contributed by atoms with Crippen molar-refractivity contribution in [3.63, 3.8) is 0 Å². The number of hydrogen-bond acceptors (Lipinski definition) is 4. The first-order valence-corrected chi connectivity index (χ1v) is 11.6. The maximum Gasteiger partial charge on any atom is 0.341 e. The summed E-state index contributed by atoms with van der Waals surface area (Å²) in [5.41, 5.74) is 1.84. The SMILES string of the molecule is CCCCCCCCCNC(=S)Nc1sc2c(c1C(=O)OC)CCC(C)C2. The van der Waals surface area contributed by atoms with Gasteiger partial charge in [0.1, 0.15) is 5.00 Å². The molecular weight excluding hydrogens is 376 g/mol. The van der Waals surface area contributed by atoms with Gasteiger partial charge in [0.15, 0.2) is 5.11 Å². The largest absolute Gasteiger partial charge is 0.465 e. The third kappa shape index (κ3) is 6.75. The fourth-order valence-corrected chi connectivity index (χ4v) is 5.26. The number of methoxy groups -OCH3 is 1. The Labute approximate surface area is 173 Å². The molecular formula is C21H34N2O2S2. The molecule has 0 saturated carbocycles. The number of carbonyl (C=O) groups excluding carboxylic acids is 1. The van der Waals surface area contributed by atoms with Gasteiger partial charge in [-0.2, -0.15) is 0 Å². The van der Waals surface area contributed by atoms with E-state index in [1.54, 1.807) is 11.3 Å². The van der Waals surface area contributed by atoms with Gasteiger partial charge in [0.2, 0.25) is 0 Å². The van der Waals surface area contributed by atoms with E-state index in [9.17, 15) is 4.79 Å². The Balaban J connectivity index is 1.83. The molecule has 0 radical (unpaired) electrons. The number of anilines is 1. The van der Waals surface area contributed by atoms with Gasteiger partial charge >= 0.3 is 5.97 Å². The summed E-state index contributed by atoms with van der Waals surface area (Å²) >= 11 is 7.10. The van der Waals surface area contributed by atoms with E-state index in [2.05, 4.69) is 24.5 Å². The van der Waals surface area contributed by atoms with Gasteiger partial charge < -0.3 is 15.4 Å². The van der Waals surface area contributed by atoms with Crippen LogP contribution in [-0.2, 0) is 17.6 Å². The molecule has 0 spiro atoms. The maximum absolute atomic E-state index is 12.3.